The molecule has 0 aliphatic carbocycles. The van der Waals surface area contributed by atoms with E-state index < -0.39 is 0 Å². The Morgan fingerprint density at radius 2 is 2.07 bits per heavy atom. The van der Waals surface area contributed by atoms with Crippen molar-refractivity contribution in [2.75, 3.05) is 31.4 Å². The fourth-order valence-corrected chi connectivity index (χ4v) is 1.06. The number of nitrogens with one attached hydrogen (secondary N) is 2. The average Bonchev–Trinajstić information content (AvgIpc) is 2.18. The molecule has 0 spiro atoms. The number of urea groups is 1. The van der Waals surface area contributed by atoms with Crippen LogP contribution in [-0.4, -0.2) is 27.2 Å². The second kappa shape index (κ2) is 4.50. The maximum atomic E-state index is 11.0. The smallest absolute Gasteiger partial charge is 0.318 e. The molecule has 2 N–H and O–H groups in total. The number of carbonyl (C=O) groups is 1. The number of anilines is 2. The normalized spacial score (nSPS) is 9.36. The molecule has 0 atom stereocenters. The second-order valence-electron chi connectivity index (χ2n) is 3.15. The Morgan fingerprint density at radius 1 is 1.36 bits per heavy atom. The number of hydrogen-bond donors (Lipinski definition) is 2. The molecule has 1 aromatic rings. The summed E-state index contributed by atoms with van der Waals surface area (Å²) in [5, 5.41) is 5.21. The molecule has 14 heavy (non-hydrogen) atoms. The van der Waals surface area contributed by atoms with Crippen LogP contribution in [0.1, 0.15) is 0 Å². The summed E-state index contributed by atoms with van der Waals surface area (Å²) in [6, 6.07) is 7.44. The quantitative estimate of drug-likeness (QED) is 0.747. The van der Waals surface area contributed by atoms with Crippen LogP contribution in [0.4, 0.5) is 16.2 Å². The number of amides is 2. The molecule has 0 saturated heterocycles. The number of nitrogens with zero attached hydrogens (tertiary/aromatic N) is 1. The summed E-state index contributed by atoms with van der Waals surface area (Å²) in [6.07, 6.45) is 0. The fraction of sp³-hybridized carbons (Fsp3) is 0.300. The van der Waals surface area contributed by atoms with E-state index in [1.54, 1.807) is 7.05 Å². The molecule has 1 aromatic carbocycles. The van der Waals surface area contributed by atoms with Crippen LogP contribution in [0.3, 0.4) is 0 Å². The fourth-order valence-electron chi connectivity index (χ4n) is 1.06. The topological polar surface area (TPSA) is 44.4 Å². The summed E-state index contributed by atoms with van der Waals surface area (Å²) >= 11 is 0. The molecule has 2 amide bonds. The van der Waals surface area contributed by atoms with Crippen molar-refractivity contribution in [2.24, 2.45) is 0 Å². The molecule has 0 fully saturated rings. The van der Waals surface area contributed by atoms with E-state index in [1.165, 1.54) is 0 Å². The zero-order valence-electron chi connectivity index (χ0n) is 8.66. The van der Waals surface area contributed by atoms with Crippen molar-refractivity contribution in [3.8, 4) is 0 Å². The summed E-state index contributed by atoms with van der Waals surface area (Å²) in [5.41, 5.74) is 1.84. The minimum atomic E-state index is -0.207. The highest BCUT2D eigenvalue weighted by Gasteiger charge is 2.00. The van der Waals surface area contributed by atoms with Gasteiger partial charge < -0.3 is 15.5 Å². The summed E-state index contributed by atoms with van der Waals surface area (Å²) in [6.45, 7) is 0. The average molecular weight is 193 g/mol. The Morgan fingerprint density at radius 3 is 2.64 bits per heavy atom. The summed E-state index contributed by atoms with van der Waals surface area (Å²) in [5.74, 6) is 0. The van der Waals surface area contributed by atoms with Crippen LogP contribution in [0.25, 0.3) is 0 Å². The van der Waals surface area contributed by atoms with E-state index in [9.17, 15) is 4.79 Å². The number of rotatable bonds is 2. The maximum Gasteiger partial charge on any atom is 0.318 e. The zero-order valence-corrected chi connectivity index (χ0v) is 8.66. The van der Waals surface area contributed by atoms with E-state index in [2.05, 4.69) is 10.6 Å². The van der Waals surface area contributed by atoms with E-state index in [4.69, 9.17) is 0 Å². The molecule has 4 nitrogen and oxygen atoms in total. The van der Waals surface area contributed by atoms with Crippen LogP contribution in [0, 0.1) is 0 Å². The van der Waals surface area contributed by atoms with Gasteiger partial charge in [0, 0.05) is 32.5 Å². The molecule has 4 heteroatoms. The van der Waals surface area contributed by atoms with Gasteiger partial charge in [-0.2, -0.15) is 0 Å². The van der Waals surface area contributed by atoms with Crippen LogP contribution in [-0.2, 0) is 0 Å². The molecule has 0 heterocycles. The Hall–Kier alpha value is -1.71. The van der Waals surface area contributed by atoms with Gasteiger partial charge in [0.15, 0.2) is 0 Å². The first-order valence-corrected chi connectivity index (χ1v) is 4.39. The van der Waals surface area contributed by atoms with E-state index in [0.29, 0.717) is 0 Å². The van der Waals surface area contributed by atoms with Gasteiger partial charge in [0.25, 0.3) is 0 Å². The summed E-state index contributed by atoms with van der Waals surface area (Å²) in [7, 11) is 5.50. The Bertz CT molecular complexity index is 323. The third kappa shape index (κ3) is 2.65. The van der Waals surface area contributed by atoms with Gasteiger partial charge in [-0.05, 0) is 18.2 Å². The van der Waals surface area contributed by atoms with Crippen molar-refractivity contribution in [3.63, 3.8) is 0 Å². The van der Waals surface area contributed by atoms with Gasteiger partial charge in [-0.25, -0.2) is 4.79 Å². The third-order valence-electron chi connectivity index (χ3n) is 1.85. The molecule has 0 saturated carbocycles. The highest BCUT2D eigenvalue weighted by Crippen LogP contribution is 2.16. The highest BCUT2D eigenvalue weighted by molar-refractivity contribution is 5.89. The van der Waals surface area contributed by atoms with Crippen molar-refractivity contribution in [2.45, 2.75) is 0 Å². The first kappa shape index (κ1) is 10.4. The van der Waals surface area contributed by atoms with Crippen LogP contribution in [0.15, 0.2) is 24.3 Å². The molecular weight excluding hydrogens is 178 g/mol. The van der Waals surface area contributed by atoms with Crippen molar-refractivity contribution in [1.82, 2.24) is 5.32 Å². The van der Waals surface area contributed by atoms with Crippen LogP contribution >= 0.6 is 0 Å². The van der Waals surface area contributed by atoms with Crippen molar-refractivity contribution in [3.05, 3.63) is 24.3 Å². The van der Waals surface area contributed by atoms with Crippen LogP contribution in [0.2, 0.25) is 0 Å². The predicted octanol–water partition coefficient (Wildman–Crippen LogP) is 1.50. The zero-order chi connectivity index (χ0) is 10.6. The Balaban J connectivity index is 2.78. The molecule has 0 aliphatic heterocycles. The predicted molar refractivity (Wildman–Crippen MR) is 58.8 cm³/mol. The molecule has 1 rings (SSSR count). The molecule has 0 bridgehead atoms. The van der Waals surface area contributed by atoms with Gasteiger partial charge in [0.1, 0.15) is 0 Å². The molecule has 0 unspecified atom stereocenters. The van der Waals surface area contributed by atoms with Crippen LogP contribution in [0.5, 0.6) is 0 Å². The molecule has 0 radical (unpaired) electrons. The van der Waals surface area contributed by atoms with E-state index >= 15 is 0 Å². The van der Waals surface area contributed by atoms with E-state index in [1.807, 2.05) is 43.3 Å². The van der Waals surface area contributed by atoms with Gasteiger partial charge in [-0.15, -0.1) is 0 Å². The van der Waals surface area contributed by atoms with Crippen molar-refractivity contribution < 1.29 is 4.79 Å². The van der Waals surface area contributed by atoms with E-state index in [-0.39, 0.29) is 6.03 Å². The Kier molecular flexibility index (Phi) is 3.34. The highest BCUT2D eigenvalue weighted by atomic mass is 16.2. The first-order chi connectivity index (χ1) is 6.63. The second-order valence-corrected chi connectivity index (χ2v) is 3.15. The van der Waals surface area contributed by atoms with Crippen LogP contribution < -0.4 is 15.5 Å². The van der Waals surface area contributed by atoms with Gasteiger partial charge in [-0.1, -0.05) is 6.07 Å². The van der Waals surface area contributed by atoms with E-state index in [0.717, 1.165) is 11.4 Å². The largest absolute Gasteiger partial charge is 0.378 e. The van der Waals surface area contributed by atoms with Gasteiger partial charge in [0.05, 0.1) is 0 Å². The number of hydrogen-bond acceptors (Lipinski definition) is 2. The standard InChI is InChI=1S/C10H15N3O/c1-11-10(14)12-8-5-4-6-9(7-8)13(2)3/h4-7H,1-3H3,(H2,11,12,14). The lowest BCUT2D eigenvalue weighted by Crippen LogP contribution is -2.24. The molecular formula is C10H15N3O. The van der Waals surface area contributed by atoms with Gasteiger partial charge in [-0.3, -0.25) is 0 Å². The summed E-state index contributed by atoms with van der Waals surface area (Å²) < 4.78 is 0. The first-order valence-electron chi connectivity index (χ1n) is 4.39. The molecule has 0 aliphatic rings. The minimum Gasteiger partial charge on any atom is -0.378 e. The van der Waals surface area contributed by atoms with Gasteiger partial charge in [0.2, 0.25) is 0 Å². The molecule has 76 valence electrons. The lowest BCUT2D eigenvalue weighted by molar-refractivity contribution is 0.254. The third-order valence-corrected chi connectivity index (χ3v) is 1.85. The number of benzene rings is 1. The monoisotopic (exact) mass is 193 g/mol. The minimum absolute atomic E-state index is 0.207. The SMILES string of the molecule is CNC(=O)Nc1cccc(N(C)C)c1. The van der Waals surface area contributed by atoms with Gasteiger partial charge >= 0.3 is 6.03 Å². The number of carbonyl (C=O) groups excluding carboxylic acids is 1. The summed E-state index contributed by atoms with van der Waals surface area (Å²) in [4.78, 5) is 13.0. The molecule has 0 aromatic heterocycles. The van der Waals surface area contributed by atoms with Crippen molar-refractivity contribution >= 4 is 17.4 Å². The lowest BCUT2D eigenvalue weighted by atomic mass is 10.2. The van der Waals surface area contributed by atoms with Crippen molar-refractivity contribution in [1.29, 1.82) is 0 Å². The maximum absolute atomic E-state index is 11.0. The Labute approximate surface area is 83.9 Å². The lowest BCUT2D eigenvalue weighted by Gasteiger charge is -2.13.